The Kier molecular flexibility index (Phi) is 4.79. The van der Waals surface area contributed by atoms with Crippen LogP contribution in [-0.4, -0.2) is 16.2 Å². The van der Waals surface area contributed by atoms with Gasteiger partial charge < -0.3 is 4.74 Å². The number of aryl methyl sites for hydroxylation is 1. The molecule has 3 nitrogen and oxygen atoms in total. The summed E-state index contributed by atoms with van der Waals surface area (Å²) in [6.07, 6.45) is 1.90. The fraction of sp³-hybridized carbons (Fsp3) is 0.375. The Morgan fingerprint density at radius 2 is 1.86 bits per heavy atom. The Hall–Kier alpha value is -1.26. The van der Waals surface area contributed by atoms with Gasteiger partial charge >= 0.3 is 0 Å². The molecule has 21 heavy (non-hydrogen) atoms. The summed E-state index contributed by atoms with van der Waals surface area (Å²) in [6, 6.07) is 7.83. The maximum atomic E-state index is 5.98. The molecule has 0 spiro atoms. The van der Waals surface area contributed by atoms with Crippen molar-refractivity contribution < 1.29 is 4.74 Å². The number of ether oxygens (including phenoxy) is 1. The summed E-state index contributed by atoms with van der Waals surface area (Å²) >= 11 is 7.41. The average molecular weight is 323 g/mol. The minimum Gasteiger partial charge on any atom is -0.439 e. The number of hydrogen-bond acceptors (Lipinski definition) is 4. The molecule has 2 aromatic rings. The molecule has 0 aliphatic rings. The van der Waals surface area contributed by atoms with E-state index < -0.39 is 0 Å². The van der Waals surface area contributed by atoms with E-state index in [0.717, 1.165) is 11.3 Å². The maximum Gasteiger partial charge on any atom is 0.224 e. The molecule has 0 fully saturated rings. The molecule has 0 aliphatic heterocycles. The summed E-state index contributed by atoms with van der Waals surface area (Å²) in [4.78, 5) is 8.40. The van der Waals surface area contributed by atoms with E-state index in [4.69, 9.17) is 16.3 Å². The van der Waals surface area contributed by atoms with Gasteiger partial charge in [-0.15, -0.1) is 0 Å². The Morgan fingerprint density at radius 3 is 2.43 bits per heavy atom. The van der Waals surface area contributed by atoms with Gasteiger partial charge in [0.2, 0.25) is 5.88 Å². The lowest BCUT2D eigenvalue weighted by Gasteiger charge is -2.20. The molecule has 0 N–H and O–H groups in total. The summed E-state index contributed by atoms with van der Waals surface area (Å²) in [7, 11) is 0. The van der Waals surface area contributed by atoms with E-state index in [2.05, 4.69) is 42.9 Å². The van der Waals surface area contributed by atoms with E-state index in [-0.39, 0.29) is 5.41 Å². The summed E-state index contributed by atoms with van der Waals surface area (Å²) in [5.74, 6) is 1.25. The minimum atomic E-state index is 0.119. The van der Waals surface area contributed by atoms with Gasteiger partial charge in [-0.25, -0.2) is 4.98 Å². The van der Waals surface area contributed by atoms with Crippen molar-refractivity contribution in [3.05, 3.63) is 40.5 Å². The number of benzene rings is 1. The molecule has 0 amide bonds. The van der Waals surface area contributed by atoms with Gasteiger partial charge in [0.05, 0.1) is 0 Å². The van der Waals surface area contributed by atoms with Crippen molar-refractivity contribution in [3.63, 3.8) is 0 Å². The molecular weight excluding hydrogens is 304 g/mol. The summed E-state index contributed by atoms with van der Waals surface area (Å²) in [6.45, 7) is 8.61. The SMILES string of the molecule is CSc1nc(Cl)cc(Oc2ccc(C(C)(C)C)cc2C)n1. The number of nitrogens with zero attached hydrogens (tertiary/aromatic N) is 2. The molecule has 112 valence electrons. The molecule has 0 bridgehead atoms. The molecule has 5 heteroatoms. The van der Waals surface area contributed by atoms with Crippen molar-refractivity contribution in [2.24, 2.45) is 0 Å². The first-order valence-corrected chi connectivity index (χ1v) is 8.27. The van der Waals surface area contributed by atoms with Gasteiger partial charge in [0.25, 0.3) is 0 Å². The molecule has 0 unspecified atom stereocenters. The molecule has 0 aliphatic carbocycles. The third kappa shape index (κ3) is 4.11. The van der Waals surface area contributed by atoms with Crippen LogP contribution in [0.15, 0.2) is 29.4 Å². The van der Waals surface area contributed by atoms with Crippen LogP contribution in [0.5, 0.6) is 11.6 Å². The summed E-state index contributed by atoms with van der Waals surface area (Å²) < 4.78 is 5.85. The molecule has 2 rings (SSSR count). The highest BCUT2D eigenvalue weighted by Gasteiger charge is 2.15. The van der Waals surface area contributed by atoms with Crippen LogP contribution >= 0.6 is 23.4 Å². The molecular formula is C16H19ClN2OS. The predicted octanol–water partition coefficient (Wildman–Crippen LogP) is 5.25. The second-order valence-corrected chi connectivity index (χ2v) is 7.01. The molecule has 0 atom stereocenters. The molecule has 1 heterocycles. The topological polar surface area (TPSA) is 35.0 Å². The smallest absolute Gasteiger partial charge is 0.224 e. The Bertz CT molecular complexity index is 653. The van der Waals surface area contributed by atoms with Crippen molar-refractivity contribution in [1.82, 2.24) is 9.97 Å². The van der Waals surface area contributed by atoms with E-state index >= 15 is 0 Å². The van der Waals surface area contributed by atoms with E-state index in [9.17, 15) is 0 Å². The van der Waals surface area contributed by atoms with E-state index in [0.29, 0.717) is 16.2 Å². The lowest BCUT2D eigenvalue weighted by atomic mass is 9.86. The molecule has 1 aromatic carbocycles. The lowest BCUT2D eigenvalue weighted by molar-refractivity contribution is 0.451. The summed E-state index contributed by atoms with van der Waals surface area (Å²) in [5, 5.41) is 0.981. The third-order valence-electron chi connectivity index (χ3n) is 3.09. The fourth-order valence-corrected chi connectivity index (χ4v) is 2.46. The van der Waals surface area contributed by atoms with Crippen LogP contribution < -0.4 is 4.74 Å². The molecule has 0 saturated carbocycles. The van der Waals surface area contributed by atoms with Crippen molar-refractivity contribution in [1.29, 1.82) is 0 Å². The van der Waals surface area contributed by atoms with Gasteiger partial charge in [0.1, 0.15) is 10.9 Å². The molecule has 1 aromatic heterocycles. The third-order valence-corrected chi connectivity index (χ3v) is 3.83. The van der Waals surface area contributed by atoms with Gasteiger partial charge in [-0.3, -0.25) is 0 Å². The van der Waals surface area contributed by atoms with E-state index in [1.165, 1.54) is 17.3 Å². The normalized spacial score (nSPS) is 11.5. The van der Waals surface area contributed by atoms with Crippen LogP contribution in [0.1, 0.15) is 31.9 Å². The van der Waals surface area contributed by atoms with Crippen LogP contribution in [0.3, 0.4) is 0 Å². The maximum absolute atomic E-state index is 5.98. The first kappa shape index (κ1) is 16.1. The van der Waals surface area contributed by atoms with Crippen LogP contribution in [-0.2, 0) is 5.41 Å². The predicted molar refractivity (Wildman–Crippen MR) is 88.8 cm³/mol. The van der Waals surface area contributed by atoms with E-state index in [1.54, 1.807) is 6.07 Å². The van der Waals surface area contributed by atoms with Crippen LogP contribution in [0, 0.1) is 6.92 Å². The quantitative estimate of drug-likeness (QED) is 0.439. The van der Waals surface area contributed by atoms with E-state index in [1.807, 2.05) is 19.2 Å². The van der Waals surface area contributed by atoms with Gasteiger partial charge in [-0.1, -0.05) is 56.3 Å². The lowest BCUT2D eigenvalue weighted by Crippen LogP contribution is -2.11. The van der Waals surface area contributed by atoms with Crippen molar-refractivity contribution in [2.75, 3.05) is 6.26 Å². The Labute approximate surface area is 135 Å². The van der Waals surface area contributed by atoms with Gasteiger partial charge in [-0.2, -0.15) is 4.98 Å². The van der Waals surface area contributed by atoms with Gasteiger partial charge in [-0.05, 0) is 35.8 Å². The van der Waals surface area contributed by atoms with Gasteiger partial charge in [0.15, 0.2) is 5.16 Å². The summed E-state index contributed by atoms with van der Waals surface area (Å²) in [5.41, 5.74) is 2.47. The Morgan fingerprint density at radius 1 is 1.14 bits per heavy atom. The highest BCUT2D eigenvalue weighted by molar-refractivity contribution is 7.98. The second-order valence-electron chi connectivity index (χ2n) is 5.85. The highest BCUT2D eigenvalue weighted by Crippen LogP contribution is 2.30. The van der Waals surface area contributed by atoms with Crippen LogP contribution in [0.4, 0.5) is 0 Å². The number of aromatic nitrogens is 2. The van der Waals surface area contributed by atoms with Crippen LogP contribution in [0.2, 0.25) is 5.15 Å². The van der Waals surface area contributed by atoms with Crippen molar-refractivity contribution in [3.8, 4) is 11.6 Å². The van der Waals surface area contributed by atoms with Crippen molar-refractivity contribution >= 4 is 23.4 Å². The zero-order valence-electron chi connectivity index (χ0n) is 12.9. The Balaban J connectivity index is 2.30. The standard InChI is InChI=1S/C16H19ClN2OS/c1-10-8-11(16(2,3)4)6-7-12(10)20-14-9-13(17)18-15(19-14)21-5/h6-9H,1-5H3. The second kappa shape index (κ2) is 6.24. The molecule has 0 saturated heterocycles. The monoisotopic (exact) mass is 322 g/mol. The first-order valence-electron chi connectivity index (χ1n) is 6.67. The number of halogens is 1. The fourth-order valence-electron chi connectivity index (χ4n) is 1.86. The first-order chi connectivity index (χ1) is 9.79. The molecule has 0 radical (unpaired) electrons. The van der Waals surface area contributed by atoms with Crippen LogP contribution in [0.25, 0.3) is 0 Å². The number of hydrogen-bond donors (Lipinski definition) is 0. The average Bonchev–Trinajstić information content (AvgIpc) is 2.39. The number of rotatable bonds is 3. The van der Waals surface area contributed by atoms with Gasteiger partial charge in [0, 0.05) is 6.07 Å². The largest absolute Gasteiger partial charge is 0.439 e. The van der Waals surface area contributed by atoms with Crippen molar-refractivity contribution in [2.45, 2.75) is 38.3 Å². The zero-order valence-corrected chi connectivity index (χ0v) is 14.5. The number of thioether (sulfide) groups is 1. The highest BCUT2D eigenvalue weighted by atomic mass is 35.5. The zero-order chi connectivity index (χ0) is 15.6. The minimum absolute atomic E-state index is 0.119.